The second kappa shape index (κ2) is 11.5. The van der Waals surface area contributed by atoms with Crippen LogP contribution in [0.4, 0.5) is 5.69 Å². The number of nitrogens with one attached hydrogen (secondary N) is 1. The standard InChI is InChI=1S/C23H19BrCl4N2O5/c1-3-4-5-13(23(34)35-9-14(31)29-11-6-7-12(24)10(2)8-11)30-21(32)15-16(22(30)33)18(26)20(28)19(27)17(15)25/h6-8,13H,3-5,9H2,1-2H3,(H,29,31)/t13-/m0/s1. The molecule has 0 saturated carbocycles. The molecule has 7 nitrogen and oxygen atoms in total. The van der Waals surface area contributed by atoms with Gasteiger partial charge in [-0.05, 0) is 37.1 Å². The zero-order chi connectivity index (χ0) is 26.0. The average molecular weight is 625 g/mol. The predicted octanol–water partition coefficient (Wildman–Crippen LogP) is 6.71. The number of benzene rings is 2. The van der Waals surface area contributed by atoms with Crippen LogP contribution in [-0.4, -0.2) is 41.2 Å². The quantitative estimate of drug-likeness (QED) is 0.153. The molecule has 1 N–H and O–H groups in total. The molecule has 2 aromatic carbocycles. The minimum absolute atomic E-state index is 0.116. The number of unbranched alkanes of at least 4 members (excludes halogenated alkanes) is 1. The molecule has 2 aromatic rings. The van der Waals surface area contributed by atoms with Gasteiger partial charge in [-0.2, -0.15) is 0 Å². The van der Waals surface area contributed by atoms with Crippen molar-refractivity contribution in [3.8, 4) is 0 Å². The molecule has 1 aliphatic rings. The number of aryl methyl sites for hydroxylation is 1. The largest absolute Gasteiger partial charge is 0.454 e. The molecular weight excluding hydrogens is 606 g/mol. The van der Waals surface area contributed by atoms with Gasteiger partial charge in [0.25, 0.3) is 17.7 Å². The Balaban J connectivity index is 1.80. The first-order chi connectivity index (χ1) is 16.5. The molecule has 0 saturated heterocycles. The highest BCUT2D eigenvalue weighted by Gasteiger charge is 2.47. The molecule has 0 aliphatic carbocycles. The molecule has 186 valence electrons. The van der Waals surface area contributed by atoms with Crippen LogP contribution in [0.5, 0.6) is 0 Å². The third kappa shape index (κ3) is 5.62. The number of hydrogen-bond donors (Lipinski definition) is 1. The van der Waals surface area contributed by atoms with Gasteiger partial charge in [0.1, 0.15) is 6.04 Å². The van der Waals surface area contributed by atoms with Gasteiger partial charge in [0.15, 0.2) is 6.61 Å². The Morgan fingerprint density at radius 1 is 1.03 bits per heavy atom. The summed E-state index contributed by atoms with van der Waals surface area (Å²) in [6.45, 7) is 3.13. The van der Waals surface area contributed by atoms with Gasteiger partial charge < -0.3 is 10.1 Å². The fourth-order valence-corrected chi connectivity index (χ4v) is 4.81. The van der Waals surface area contributed by atoms with Gasteiger partial charge in [0, 0.05) is 10.2 Å². The molecule has 1 heterocycles. The summed E-state index contributed by atoms with van der Waals surface area (Å²) in [6.07, 6.45) is 1.29. The van der Waals surface area contributed by atoms with Crippen LogP contribution < -0.4 is 5.32 Å². The third-order valence-electron chi connectivity index (χ3n) is 5.33. The number of amides is 3. The van der Waals surface area contributed by atoms with Crippen molar-refractivity contribution in [3.05, 3.63) is 59.5 Å². The Bertz CT molecular complexity index is 1190. The summed E-state index contributed by atoms with van der Waals surface area (Å²) in [4.78, 5) is 52.4. The van der Waals surface area contributed by atoms with Gasteiger partial charge in [-0.1, -0.05) is 82.1 Å². The summed E-state index contributed by atoms with van der Waals surface area (Å²) in [5, 5.41) is 1.81. The molecule has 35 heavy (non-hydrogen) atoms. The highest BCUT2D eigenvalue weighted by molar-refractivity contribution is 9.10. The number of imide groups is 1. The van der Waals surface area contributed by atoms with Gasteiger partial charge in [0.2, 0.25) is 0 Å². The van der Waals surface area contributed by atoms with E-state index >= 15 is 0 Å². The van der Waals surface area contributed by atoms with Crippen LogP contribution in [0.15, 0.2) is 22.7 Å². The summed E-state index contributed by atoms with van der Waals surface area (Å²) in [7, 11) is 0. The van der Waals surface area contributed by atoms with Crippen LogP contribution in [0, 0.1) is 6.92 Å². The van der Waals surface area contributed by atoms with E-state index in [1.165, 1.54) is 0 Å². The summed E-state index contributed by atoms with van der Waals surface area (Å²) in [5.74, 6) is -3.19. The lowest BCUT2D eigenvalue weighted by Crippen LogP contribution is -2.46. The van der Waals surface area contributed by atoms with Crippen molar-refractivity contribution >= 4 is 91.7 Å². The molecule has 1 aliphatic heterocycles. The highest BCUT2D eigenvalue weighted by Crippen LogP contribution is 2.45. The summed E-state index contributed by atoms with van der Waals surface area (Å²) >= 11 is 27.9. The van der Waals surface area contributed by atoms with E-state index in [0.717, 1.165) is 14.9 Å². The third-order valence-corrected chi connectivity index (χ3v) is 8.03. The summed E-state index contributed by atoms with van der Waals surface area (Å²) in [6, 6.07) is 3.91. The number of esters is 1. The van der Waals surface area contributed by atoms with Crippen LogP contribution in [0.3, 0.4) is 0 Å². The highest BCUT2D eigenvalue weighted by atomic mass is 79.9. The predicted molar refractivity (Wildman–Crippen MR) is 139 cm³/mol. The van der Waals surface area contributed by atoms with E-state index in [0.29, 0.717) is 18.5 Å². The van der Waals surface area contributed by atoms with E-state index < -0.39 is 36.3 Å². The second-order valence-electron chi connectivity index (χ2n) is 7.76. The van der Waals surface area contributed by atoms with Crippen molar-refractivity contribution in [2.75, 3.05) is 11.9 Å². The topological polar surface area (TPSA) is 92.8 Å². The van der Waals surface area contributed by atoms with E-state index in [2.05, 4.69) is 21.2 Å². The summed E-state index contributed by atoms with van der Waals surface area (Å²) < 4.78 is 6.06. The molecule has 0 radical (unpaired) electrons. The number of carbonyl (C=O) groups excluding carboxylic acids is 4. The SMILES string of the molecule is CCCC[C@@H](C(=O)OCC(=O)Nc1ccc(Br)c(C)c1)N1C(=O)c2c(Cl)c(Cl)c(Cl)c(Cl)c2C1=O. The Labute approximate surface area is 230 Å². The van der Waals surface area contributed by atoms with Gasteiger partial charge >= 0.3 is 5.97 Å². The van der Waals surface area contributed by atoms with Gasteiger partial charge in [-0.3, -0.25) is 19.3 Å². The monoisotopic (exact) mass is 622 g/mol. The number of ether oxygens (including phenoxy) is 1. The van der Waals surface area contributed by atoms with Crippen molar-refractivity contribution in [2.24, 2.45) is 0 Å². The Hall–Kier alpha value is -1.84. The maximum atomic E-state index is 13.2. The first-order valence-corrected chi connectivity index (χ1v) is 12.8. The van der Waals surface area contributed by atoms with E-state index in [9.17, 15) is 19.2 Å². The maximum absolute atomic E-state index is 13.2. The van der Waals surface area contributed by atoms with Crippen molar-refractivity contribution in [2.45, 2.75) is 39.2 Å². The zero-order valence-corrected chi connectivity index (χ0v) is 23.1. The molecule has 0 aromatic heterocycles. The molecule has 0 unspecified atom stereocenters. The molecule has 3 amide bonds. The lowest BCUT2D eigenvalue weighted by Gasteiger charge is -2.24. The number of nitrogens with zero attached hydrogens (tertiary/aromatic N) is 1. The molecule has 12 heteroatoms. The van der Waals surface area contributed by atoms with Crippen LogP contribution in [0.1, 0.15) is 52.5 Å². The normalized spacial score (nSPS) is 13.6. The molecule has 0 bridgehead atoms. The van der Waals surface area contributed by atoms with E-state index in [1.807, 2.05) is 13.8 Å². The number of hydrogen-bond acceptors (Lipinski definition) is 5. The molecule has 0 spiro atoms. The summed E-state index contributed by atoms with van der Waals surface area (Å²) in [5.41, 5.74) is 0.970. The van der Waals surface area contributed by atoms with Crippen LogP contribution >= 0.6 is 62.3 Å². The van der Waals surface area contributed by atoms with Gasteiger partial charge in [-0.25, -0.2) is 4.79 Å². The molecular formula is C23H19BrCl4N2O5. The minimum atomic E-state index is -1.30. The fourth-order valence-electron chi connectivity index (χ4n) is 3.55. The van der Waals surface area contributed by atoms with Gasteiger partial charge in [-0.15, -0.1) is 0 Å². The zero-order valence-electron chi connectivity index (χ0n) is 18.5. The average Bonchev–Trinajstić information content (AvgIpc) is 3.08. The Kier molecular flexibility index (Phi) is 9.10. The maximum Gasteiger partial charge on any atom is 0.329 e. The van der Waals surface area contributed by atoms with Crippen molar-refractivity contribution in [1.82, 2.24) is 4.90 Å². The van der Waals surface area contributed by atoms with E-state index in [-0.39, 0.29) is 37.6 Å². The lowest BCUT2D eigenvalue weighted by atomic mass is 10.1. The number of fused-ring (bicyclic) bond motifs is 1. The van der Waals surface area contributed by atoms with Crippen molar-refractivity contribution < 1.29 is 23.9 Å². The number of halogens is 5. The Morgan fingerprint density at radius 2 is 1.60 bits per heavy atom. The smallest absolute Gasteiger partial charge is 0.329 e. The van der Waals surface area contributed by atoms with Crippen LogP contribution in [0.25, 0.3) is 0 Å². The van der Waals surface area contributed by atoms with E-state index in [4.69, 9.17) is 51.1 Å². The molecule has 0 fully saturated rings. The fraction of sp³-hybridized carbons (Fsp3) is 0.304. The first kappa shape index (κ1) is 27.7. The second-order valence-corrected chi connectivity index (χ2v) is 10.1. The van der Waals surface area contributed by atoms with Gasteiger partial charge in [0.05, 0.1) is 31.2 Å². The van der Waals surface area contributed by atoms with Crippen molar-refractivity contribution in [3.63, 3.8) is 0 Å². The van der Waals surface area contributed by atoms with E-state index in [1.54, 1.807) is 18.2 Å². The Morgan fingerprint density at radius 3 is 2.11 bits per heavy atom. The first-order valence-electron chi connectivity index (χ1n) is 10.5. The molecule has 3 rings (SSSR count). The lowest BCUT2D eigenvalue weighted by molar-refractivity contribution is -0.151. The minimum Gasteiger partial charge on any atom is -0.454 e. The molecule has 1 atom stereocenters. The van der Waals surface area contributed by atoms with Crippen molar-refractivity contribution in [1.29, 1.82) is 0 Å². The number of rotatable bonds is 8. The van der Waals surface area contributed by atoms with Crippen LogP contribution in [-0.2, 0) is 14.3 Å². The number of anilines is 1. The number of carbonyl (C=O) groups is 4. The van der Waals surface area contributed by atoms with Crippen LogP contribution in [0.2, 0.25) is 20.1 Å².